The molecule has 0 aliphatic carbocycles. The standard InChI is InChI=1S/C15H25N3O2/c1-3-14(15(16)19)17-10-11-18(4-2)20-12-13-8-6-5-7-9-13/h5-9,14,17H,3-4,10-12H2,1-2H3,(H2,16,19). The van der Waals surface area contributed by atoms with Crippen molar-refractivity contribution in [3.8, 4) is 0 Å². The minimum Gasteiger partial charge on any atom is -0.368 e. The number of carbonyl (C=O) groups is 1. The van der Waals surface area contributed by atoms with Crippen LogP contribution in [0.2, 0.25) is 0 Å². The molecule has 0 saturated carbocycles. The Labute approximate surface area is 121 Å². The van der Waals surface area contributed by atoms with Crippen molar-refractivity contribution >= 4 is 5.91 Å². The molecular weight excluding hydrogens is 254 g/mol. The molecule has 0 saturated heterocycles. The van der Waals surface area contributed by atoms with E-state index < -0.39 is 0 Å². The molecule has 0 bridgehead atoms. The first kappa shape index (κ1) is 16.6. The summed E-state index contributed by atoms with van der Waals surface area (Å²) in [5.41, 5.74) is 6.43. The fourth-order valence-electron chi connectivity index (χ4n) is 1.86. The second-order valence-electron chi connectivity index (χ2n) is 4.60. The molecule has 0 aliphatic heterocycles. The van der Waals surface area contributed by atoms with Crippen LogP contribution in [0.4, 0.5) is 0 Å². The molecule has 0 fully saturated rings. The van der Waals surface area contributed by atoms with Crippen molar-refractivity contribution in [3.05, 3.63) is 35.9 Å². The van der Waals surface area contributed by atoms with E-state index in [1.807, 2.05) is 49.2 Å². The van der Waals surface area contributed by atoms with Gasteiger partial charge in [0.25, 0.3) is 0 Å². The highest BCUT2D eigenvalue weighted by molar-refractivity contribution is 5.79. The van der Waals surface area contributed by atoms with E-state index in [0.717, 1.165) is 12.1 Å². The number of rotatable bonds is 10. The van der Waals surface area contributed by atoms with Gasteiger partial charge in [0.2, 0.25) is 5.91 Å². The van der Waals surface area contributed by atoms with Crippen LogP contribution in [-0.4, -0.2) is 36.6 Å². The first-order chi connectivity index (χ1) is 9.67. The van der Waals surface area contributed by atoms with Crippen LogP contribution in [0.25, 0.3) is 0 Å². The molecule has 1 rings (SSSR count). The SMILES string of the molecule is CCC(NCCN(CC)OCc1ccccc1)C(N)=O. The minimum atomic E-state index is -0.305. The van der Waals surface area contributed by atoms with Crippen LogP contribution in [0.1, 0.15) is 25.8 Å². The highest BCUT2D eigenvalue weighted by atomic mass is 16.7. The summed E-state index contributed by atoms with van der Waals surface area (Å²) >= 11 is 0. The molecule has 0 aliphatic rings. The molecule has 1 aromatic carbocycles. The average Bonchev–Trinajstić information content (AvgIpc) is 2.47. The van der Waals surface area contributed by atoms with Crippen LogP contribution in [0, 0.1) is 0 Å². The number of nitrogens with two attached hydrogens (primary N) is 1. The van der Waals surface area contributed by atoms with Gasteiger partial charge >= 0.3 is 0 Å². The summed E-state index contributed by atoms with van der Waals surface area (Å²) in [5.74, 6) is -0.305. The van der Waals surface area contributed by atoms with Gasteiger partial charge in [-0.05, 0) is 12.0 Å². The number of carbonyl (C=O) groups excluding carboxylic acids is 1. The Morgan fingerprint density at radius 2 is 2.05 bits per heavy atom. The van der Waals surface area contributed by atoms with Gasteiger partial charge in [0.1, 0.15) is 0 Å². The summed E-state index contributed by atoms with van der Waals surface area (Å²) in [5, 5.41) is 5.02. The number of likely N-dealkylation sites (N-methyl/N-ethyl adjacent to an activating group) is 1. The maximum absolute atomic E-state index is 11.1. The van der Waals surface area contributed by atoms with E-state index in [9.17, 15) is 4.79 Å². The normalized spacial score (nSPS) is 12.6. The van der Waals surface area contributed by atoms with Gasteiger partial charge in [0.05, 0.1) is 12.6 Å². The van der Waals surface area contributed by atoms with Crippen molar-refractivity contribution in [1.82, 2.24) is 10.4 Å². The van der Waals surface area contributed by atoms with Crippen molar-refractivity contribution in [2.45, 2.75) is 32.9 Å². The van der Waals surface area contributed by atoms with Crippen molar-refractivity contribution in [2.75, 3.05) is 19.6 Å². The lowest BCUT2D eigenvalue weighted by atomic mass is 10.2. The third-order valence-corrected chi connectivity index (χ3v) is 3.11. The predicted molar refractivity (Wildman–Crippen MR) is 79.8 cm³/mol. The van der Waals surface area contributed by atoms with Gasteiger partial charge in [-0.3, -0.25) is 9.63 Å². The number of hydroxylamine groups is 2. The van der Waals surface area contributed by atoms with Crippen LogP contribution in [0.5, 0.6) is 0 Å². The lowest BCUT2D eigenvalue weighted by molar-refractivity contribution is -0.165. The second kappa shape index (κ2) is 9.47. The third kappa shape index (κ3) is 6.14. The monoisotopic (exact) mass is 279 g/mol. The Hall–Kier alpha value is -1.43. The number of benzene rings is 1. The molecule has 0 aromatic heterocycles. The third-order valence-electron chi connectivity index (χ3n) is 3.11. The molecule has 0 spiro atoms. The lowest BCUT2D eigenvalue weighted by Crippen LogP contribution is -2.44. The number of nitrogens with zero attached hydrogens (tertiary/aromatic N) is 1. The first-order valence-electron chi connectivity index (χ1n) is 7.11. The smallest absolute Gasteiger partial charge is 0.234 e. The van der Waals surface area contributed by atoms with E-state index in [1.54, 1.807) is 0 Å². The molecular formula is C15H25N3O2. The van der Waals surface area contributed by atoms with Crippen molar-refractivity contribution in [1.29, 1.82) is 0 Å². The molecule has 20 heavy (non-hydrogen) atoms. The highest BCUT2D eigenvalue weighted by Gasteiger charge is 2.12. The molecule has 1 unspecified atom stereocenters. The summed E-state index contributed by atoms with van der Waals surface area (Å²) in [7, 11) is 0. The van der Waals surface area contributed by atoms with Crippen LogP contribution in [0.15, 0.2) is 30.3 Å². The van der Waals surface area contributed by atoms with Crippen LogP contribution < -0.4 is 11.1 Å². The van der Waals surface area contributed by atoms with E-state index in [1.165, 1.54) is 0 Å². The van der Waals surface area contributed by atoms with Gasteiger partial charge in [-0.15, -0.1) is 0 Å². The number of nitrogens with one attached hydrogen (secondary N) is 1. The summed E-state index contributed by atoms with van der Waals surface area (Å²) < 4.78 is 0. The number of amides is 1. The van der Waals surface area contributed by atoms with Crippen molar-refractivity contribution in [2.24, 2.45) is 5.73 Å². The number of hydrogen-bond acceptors (Lipinski definition) is 4. The predicted octanol–water partition coefficient (Wildman–Crippen LogP) is 1.29. The summed E-state index contributed by atoms with van der Waals surface area (Å²) in [4.78, 5) is 16.8. The maximum Gasteiger partial charge on any atom is 0.234 e. The van der Waals surface area contributed by atoms with Crippen molar-refractivity contribution < 1.29 is 9.63 Å². The van der Waals surface area contributed by atoms with Crippen LogP contribution in [0.3, 0.4) is 0 Å². The zero-order valence-corrected chi connectivity index (χ0v) is 12.3. The van der Waals surface area contributed by atoms with Gasteiger partial charge in [0.15, 0.2) is 0 Å². The van der Waals surface area contributed by atoms with Crippen LogP contribution in [-0.2, 0) is 16.2 Å². The van der Waals surface area contributed by atoms with Gasteiger partial charge in [-0.1, -0.05) is 44.2 Å². The Morgan fingerprint density at radius 1 is 1.35 bits per heavy atom. The molecule has 1 aromatic rings. The topological polar surface area (TPSA) is 67.6 Å². The fourth-order valence-corrected chi connectivity index (χ4v) is 1.86. The fraction of sp³-hybridized carbons (Fsp3) is 0.533. The number of hydrogen-bond donors (Lipinski definition) is 2. The summed E-state index contributed by atoms with van der Waals surface area (Å²) in [6.45, 7) is 6.71. The molecule has 0 heterocycles. The molecule has 5 nitrogen and oxygen atoms in total. The Balaban J connectivity index is 2.27. The number of primary amides is 1. The zero-order chi connectivity index (χ0) is 14.8. The quantitative estimate of drug-likeness (QED) is 0.633. The van der Waals surface area contributed by atoms with E-state index in [0.29, 0.717) is 26.1 Å². The van der Waals surface area contributed by atoms with E-state index in [-0.39, 0.29) is 11.9 Å². The Bertz CT molecular complexity index is 384. The minimum absolute atomic E-state index is 0.261. The molecule has 1 atom stereocenters. The summed E-state index contributed by atoms with van der Waals surface area (Å²) in [6.07, 6.45) is 0.701. The van der Waals surface area contributed by atoms with Gasteiger partial charge in [0, 0.05) is 19.6 Å². The van der Waals surface area contributed by atoms with Crippen LogP contribution >= 0.6 is 0 Å². The molecule has 112 valence electrons. The van der Waals surface area contributed by atoms with Gasteiger partial charge < -0.3 is 11.1 Å². The lowest BCUT2D eigenvalue weighted by Gasteiger charge is -2.21. The largest absolute Gasteiger partial charge is 0.368 e. The van der Waals surface area contributed by atoms with Gasteiger partial charge in [-0.25, -0.2) is 0 Å². The highest BCUT2D eigenvalue weighted by Crippen LogP contribution is 2.02. The Kier molecular flexibility index (Phi) is 7.87. The van der Waals surface area contributed by atoms with E-state index >= 15 is 0 Å². The second-order valence-corrected chi connectivity index (χ2v) is 4.60. The molecule has 3 N–H and O–H groups in total. The molecule has 1 amide bonds. The summed E-state index contributed by atoms with van der Waals surface area (Å²) in [6, 6.07) is 9.78. The first-order valence-corrected chi connectivity index (χ1v) is 7.11. The zero-order valence-electron chi connectivity index (χ0n) is 12.3. The molecule has 0 radical (unpaired) electrons. The average molecular weight is 279 g/mol. The van der Waals surface area contributed by atoms with Gasteiger partial charge in [-0.2, -0.15) is 5.06 Å². The van der Waals surface area contributed by atoms with Crippen molar-refractivity contribution in [3.63, 3.8) is 0 Å². The Morgan fingerprint density at radius 3 is 2.60 bits per heavy atom. The van der Waals surface area contributed by atoms with E-state index in [4.69, 9.17) is 10.6 Å². The maximum atomic E-state index is 11.1. The van der Waals surface area contributed by atoms with E-state index in [2.05, 4.69) is 5.32 Å². The molecule has 5 heteroatoms.